The van der Waals surface area contributed by atoms with Gasteiger partial charge in [-0.2, -0.15) is 5.10 Å². The van der Waals surface area contributed by atoms with Crippen LogP contribution in [0.2, 0.25) is 0 Å². The van der Waals surface area contributed by atoms with Gasteiger partial charge in [-0.3, -0.25) is 4.68 Å². The number of aromatic nitrogens is 3. The highest BCUT2D eigenvalue weighted by Crippen LogP contribution is 2.44. The minimum atomic E-state index is 0.583. The number of nitrogens with zero attached hydrogens (tertiary/aromatic N) is 3. The first kappa shape index (κ1) is 11.0. The Morgan fingerprint density at radius 2 is 2.32 bits per heavy atom. The van der Waals surface area contributed by atoms with Crippen LogP contribution in [0.4, 0.5) is 5.69 Å². The molecule has 2 aliphatic rings. The van der Waals surface area contributed by atoms with Gasteiger partial charge in [-0.1, -0.05) is 12.2 Å². The van der Waals surface area contributed by atoms with Crippen LogP contribution in [0.1, 0.15) is 18.5 Å². The van der Waals surface area contributed by atoms with Crippen LogP contribution in [0.25, 0.3) is 11.0 Å². The molecule has 2 aromatic rings. The number of pyridine rings is 1. The molecule has 3 unspecified atom stereocenters. The van der Waals surface area contributed by atoms with E-state index in [0.717, 1.165) is 34.3 Å². The van der Waals surface area contributed by atoms with Gasteiger partial charge in [-0.15, -0.1) is 0 Å². The number of nitrogens with one attached hydrogen (secondary N) is 1. The number of anilines is 1. The lowest BCUT2D eigenvalue weighted by molar-refractivity contribution is 0.218. The molecule has 0 aliphatic heterocycles. The molecule has 0 bridgehead atoms. The maximum Gasteiger partial charge on any atom is 0.157 e. The van der Waals surface area contributed by atoms with Gasteiger partial charge in [0.15, 0.2) is 5.65 Å². The van der Waals surface area contributed by atoms with Crippen LogP contribution >= 0.6 is 0 Å². The van der Waals surface area contributed by atoms with Crippen molar-refractivity contribution in [2.24, 2.45) is 18.9 Å². The second-order valence-electron chi connectivity index (χ2n) is 5.79. The first-order valence-electron chi connectivity index (χ1n) is 6.95. The Morgan fingerprint density at radius 3 is 3.16 bits per heavy atom. The van der Waals surface area contributed by atoms with Gasteiger partial charge in [0.1, 0.15) is 0 Å². The van der Waals surface area contributed by atoms with Crippen molar-refractivity contribution in [1.82, 2.24) is 14.8 Å². The number of hydrogen-bond acceptors (Lipinski definition) is 3. The van der Waals surface area contributed by atoms with Crippen molar-refractivity contribution in [1.29, 1.82) is 0 Å². The molecular formula is C15H18N4. The zero-order valence-electron chi connectivity index (χ0n) is 11.3. The van der Waals surface area contributed by atoms with E-state index >= 15 is 0 Å². The predicted molar refractivity (Wildman–Crippen MR) is 76.0 cm³/mol. The minimum absolute atomic E-state index is 0.583. The molecule has 2 aromatic heterocycles. The number of hydrogen-bond donors (Lipinski definition) is 1. The standard InChI is InChI=1S/C15H18N4/c1-9-13-7-11(8-16-15(13)19(2)18-9)17-14-6-10-4-3-5-12(10)14/h3,5,7-8,10,12,14,17H,4,6H2,1-2H3. The summed E-state index contributed by atoms with van der Waals surface area (Å²) in [6.45, 7) is 2.03. The number of rotatable bonds is 2. The summed E-state index contributed by atoms with van der Waals surface area (Å²) in [7, 11) is 1.94. The summed E-state index contributed by atoms with van der Waals surface area (Å²) in [6.07, 6.45) is 9.16. The largest absolute Gasteiger partial charge is 0.380 e. The zero-order valence-corrected chi connectivity index (χ0v) is 11.3. The lowest BCUT2D eigenvalue weighted by atomic mass is 9.71. The molecule has 1 N–H and O–H groups in total. The third kappa shape index (κ3) is 1.59. The molecule has 2 aliphatic carbocycles. The smallest absolute Gasteiger partial charge is 0.157 e. The lowest BCUT2D eigenvalue weighted by Gasteiger charge is -2.41. The number of fused-ring (bicyclic) bond motifs is 2. The van der Waals surface area contributed by atoms with Crippen LogP contribution in [-0.4, -0.2) is 20.8 Å². The number of allylic oxidation sites excluding steroid dienone is 1. The third-order valence-electron chi connectivity index (χ3n) is 4.58. The topological polar surface area (TPSA) is 42.7 Å². The Balaban J connectivity index is 1.61. The van der Waals surface area contributed by atoms with E-state index in [1.54, 1.807) is 0 Å². The van der Waals surface area contributed by atoms with Crippen LogP contribution in [0.15, 0.2) is 24.4 Å². The molecule has 0 aromatic carbocycles. The lowest BCUT2D eigenvalue weighted by Crippen LogP contribution is -2.43. The fourth-order valence-corrected chi connectivity index (χ4v) is 3.48. The molecule has 4 heteroatoms. The van der Waals surface area contributed by atoms with Crippen LogP contribution < -0.4 is 5.32 Å². The van der Waals surface area contributed by atoms with Gasteiger partial charge in [0, 0.05) is 24.4 Å². The molecule has 3 atom stereocenters. The van der Waals surface area contributed by atoms with Crippen molar-refractivity contribution < 1.29 is 0 Å². The fraction of sp³-hybridized carbons (Fsp3) is 0.467. The molecule has 0 radical (unpaired) electrons. The van der Waals surface area contributed by atoms with E-state index in [4.69, 9.17) is 0 Å². The SMILES string of the molecule is Cc1nn(C)c2ncc(NC3CC4CC=CC43)cc12. The summed E-state index contributed by atoms with van der Waals surface area (Å²) in [5.41, 5.74) is 3.11. The molecule has 98 valence electrons. The van der Waals surface area contributed by atoms with E-state index in [0.29, 0.717) is 6.04 Å². The second kappa shape index (κ2) is 3.83. The first-order chi connectivity index (χ1) is 9.22. The van der Waals surface area contributed by atoms with Gasteiger partial charge in [0.05, 0.1) is 17.6 Å². The van der Waals surface area contributed by atoms with Crippen LogP contribution in [0, 0.1) is 18.8 Å². The van der Waals surface area contributed by atoms with E-state index in [-0.39, 0.29) is 0 Å². The molecule has 4 nitrogen and oxygen atoms in total. The molecule has 1 saturated carbocycles. The van der Waals surface area contributed by atoms with Gasteiger partial charge < -0.3 is 5.32 Å². The monoisotopic (exact) mass is 254 g/mol. The first-order valence-corrected chi connectivity index (χ1v) is 6.95. The van der Waals surface area contributed by atoms with Gasteiger partial charge in [0.25, 0.3) is 0 Å². The molecular weight excluding hydrogens is 236 g/mol. The molecule has 19 heavy (non-hydrogen) atoms. The van der Waals surface area contributed by atoms with E-state index in [1.807, 2.05) is 24.9 Å². The van der Waals surface area contributed by atoms with E-state index in [2.05, 4.69) is 33.6 Å². The summed E-state index contributed by atoms with van der Waals surface area (Å²) < 4.78 is 1.84. The van der Waals surface area contributed by atoms with Crippen LogP contribution in [0.5, 0.6) is 0 Å². The summed E-state index contributed by atoms with van der Waals surface area (Å²) in [5.74, 6) is 1.61. The highest BCUT2D eigenvalue weighted by atomic mass is 15.3. The van der Waals surface area contributed by atoms with Gasteiger partial charge in [0.2, 0.25) is 0 Å². The normalized spacial score (nSPS) is 28.4. The average Bonchev–Trinajstić information content (AvgIpc) is 2.88. The Hall–Kier alpha value is -1.84. The van der Waals surface area contributed by atoms with Gasteiger partial charge in [-0.25, -0.2) is 4.98 Å². The van der Waals surface area contributed by atoms with E-state index < -0.39 is 0 Å². The Kier molecular flexibility index (Phi) is 2.22. The van der Waals surface area contributed by atoms with Crippen LogP contribution in [-0.2, 0) is 7.05 Å². The van der Waals surface area contributed by atoms with Gasteiger partial charge >= 0.3 is 0 Å². The maximum absolute atomic E-state index is 4.52. The van der Waals surface area contributed by atoms with Crippen molar-refractivity contribution in [3.8, 4) is 0 Å². The summed E-state index contributed by atoms with van der Waals surface area (Å²) in [5, 5.41) is 9.18. The van der Waals surface area contributed by atoms with Crippen molar-refractivity contribution in [3.05, 3.63) is 30.1 Å². The molecule has 4 rings (SSSR count). The quantitative estimate of drug-likeness (QED) is 0.838. The third-order valence-corrected chi connectivity index (χ3v) is 4.58. The van der Waals surface area contributed by atoms with Crippen molar-refractivity contribution in [3.63, 3.8) is 0 Å². The van der Waals surface area contributed by atoms with Crippen molar-refractivity contribution in [2.75, 3.05) is 5.32 Å². The summed E-state index contributed by atoms with van der Waals surface area (Å²) in [6, 6.07) is 2.76. The molecule has 1 fully saturated rings. The van der Waals surface area contributed by atoms with E-state index in [9.17, 15) is 0 Å². The van der Waals surface area contributed by atoms with E-state index in [1.165, 1.54) is 12.8 Å². The predicted octanol–water partition coefficient (Wildman–Crippen LogP) is 2.65. The molecule has 0 saturated heterocycles. The zero-order chi connectivity index (χ0) is 13.0. The van der Waals surface area contributed by atoms with Crippen molar-refractivity contribution in [2.45, 2.75) is 25.8 Å². The van der Waals surface area contributed by atoms with Gasteiger partial charge in [-0.05, 0) is 31.7 Å². The highest BCUT2D eigenvalue weighted by Gasteiger charge is 2.40. The Bertz CT molecular complexity index is 670. The number of aryl methyl sites for hydroxylation is 2. The second-order valence-corrected chi connectivity index (χ2v) is 5.79. The maximum atomic E-state index is 4.52. The Morgan fingerprint density at radius 1 is 1.42 bits per heavy atom. The molecule has 2 heterocycles. The van der Waals surface area contributed by atoms with Crippen LogP contribution in [0.3, 0.4) is 0 Å². The average molecular weight is 254 g/mol. The fourth-order valence-electron chi connectivity index (χ4n) is 3.48. The summed E-state index contributed by atoms with van der Waals surface area (Å²) in [4.78, 5) is 4.52. The Labute approximate surface area is 112 Å². The highest BCUT2D eigenvalue weighted by molar-refractivity contribution is 5.81. The summed E-state index contributed by atoms with van der Waals surface area (Å²) >= 11 is 0. The minimum Gasteiger partial charge on any atom is -0.380 e. The molecule has 0 amide bonds. The molecule has 0 spiro atoms. The van der Waals surface area contributed by atoms with Crippen molar-refractivity contribution >= 4 is 16.7 Å².